The van der Waals surface area contributed by atoms with Crippen molar-refractivity contribution in [2.75, 3.05) is 0 Å². The zero-order valence-corrected chi connectivity index (χ0v) is 13.1. The monoisotopic (exact) mass is 354 g/mol. The summed E-state index contributed by atoms with van der Waals surface area (Å²) < 4.78 is 71.0. The second-order valence-corrected chi connectivity index (χ2v) is 8.47. The highest BCUT2D eigenvalue weighted by atomic mass is 32.2. The molecule has 2 atom stereocenters. The van der Waals surface area contributed by atoms with Crippen molar-refractivity contribution in [3.05, 3.63) is 12.7 Å². The lowest BCUT2D eigenvalue weighted by atomic mass is 9.52. The van der Waals surface area contributed by atoms with E-state index in [1.807, 2.05) is 0 Å². The molecule has 0 N–H and O–H groups in total. The molecule has 2 unspecified atom stereocenters. The SMILES string of the molecule is C=CC(=O)OC12CC3CC(C1)CC(OS(=O)(=O)C(F)(F)F)(C3)C2. The highest BCUT2D eigenvalue weighted by Gasteiger charge is 2.63. The van der Waals surface area contributed by atoms with Crippen molar-refractivity contribution >= 4 is 16.1 Å². The Morgan fingerprint density at radius 2 is 1.65 bits per heavy atom. The van der Waals surface area contributed by atoms with Gasteiger partial charge < -0.3 is 4.74 Å². The molecule has 130 valence electrons. The molecule has 0 saturated heterocycles. The van der Waals surface area contributed by atoms with E-state index in [4.69, 9.17) is 4.74 Å². The van der Waals surface area contributed by atoms with Crippen LogP contribution in [0.4, 0.5) is 13.2 Å². The summed E-state index contributed by atoms with van der Waals surface area (Å²) in [5, 5.41) is 0. The topological polar surface area (TPSA) is 69.7 Å². The molecule has 4 fully saturated rings. The first-order valence-corrected chi connectivity index (χ1v) is 8.76. The quantitative estimate of drug-likeness (QED) is 0.336. The van der Waals surface area contributed by atoms with Crippen molar-refractivity contribution in [3.8, 4) is 0 Å². The molecule has 0 radical (unpaired) electrons. The molecule has 0 amide bonds. The van der Waals surface area contributed by atoms with Crippen LogP contribution in [0.2, 0.25) is 0 Å². The highest BCUT2D eigenvalue weighted by Crippen LogP contribution is 2.61. The molecule has 0 heterocycles. The molecular weight excluding hydrogens is 337 g/mol. The largest absolute Gasteiger partial charge is 0.523 e. The van der Waals surface area contributed by atoms with Crippen molar-refractivity contribution in [3.63, 3.8) is 0 Å². The maximum absolute atomic E-state index is 12.7. The fourth-order valence-corrected chi connectivity index (χ4v) is 5.60. The van der Waals surface area contributed by atoms with E-state index in [9.17, 15) is 26.4 Å². The van der Waals surface area contributed by atoms with Gasteiger partial charge in [0.1, 0.15) is 5.60 Å². The lowest BCUT2D eigenvalue weighted by molar-refractivity contribution is -0.211. The van der Waals surface area contributed by atoms with E-state index in [-0.39, 0.29) is 31.1 Å². The molecule has 9 heteroatoms. The molecule has 23 heavy (non-hydrogen) atoms. The Morgan fingerprint density at radius 1 is 1.13 bits per heavy atom. The van der Waals surface area contributed by atoms with Gasteiger partial charge in [-0.05, 0) is 43.9 Å². The normalized spacial score (nSPS) is 39.3. The van der Waals surface area contributed by atoms with Crippen molar-refractivity contribution < 1.29 is 35.3 Å². The molecule has 0 aromatic heterocycles. The number of hydrogen-bond acceptors (Lipinski definition) is 5. The molecule has 4 aliphatic rings. The number of carbonyl (C=O) groups is 1. The third-order valence-corrected chi connectivity index (χ3v) is 6.15. The number of ether oxygens (including phenoxy) is 1. The summed E-state index contributed by atoms with van der Waals surface area (Å²) in [4.78, 5) is 11.6. The summed E-state index contributed by atoms with van der Waals surface area (Å²) >= 11 is 0. The standard InChI is InChI=1S/C14H17F3O5S/c1-2-11(18)21-12-4-9-3-10(5-12)7-13(6-9,8-12)22-23(19,20)14(15,16)17/h2,9-10H,1,3-8H2. The van der Waals surface area contributed by atoms with Gasteiger partial charge in [0.05, 0.1) is 5.60 Å². The van der Waals surface area contributed by atoms with Crippen LogP contribution >= 0.6 is 0 Å². The lowest BCUT2D eigenvalue weighted by Gasteiger charge is -2.60. The summed E-state index contributed by atoms with van der Waals surface area (Å²) in [5.74, 6) is -0.657. The van der Waals surface area contributed by atoms with Gasteiger partial charge in [0, 0.05) is 12.5 Å². The third-order valence-electron chi connectivity index (χ3n) is 5.01. The van der Waals surface area contributed by atoms with Crippen LogP contribution in [0.25, 0.3) is 0 Å². The molecule has 0 spiro atoms. The first-order chi connectivity index (χ1) is 10.5. The number of rotatable bonds is 4. The number of carbonyl (C=O) groups excluding carboxylic acids is 1. The molecule has 0 aromatic carbocycles. The number of hydrogen-bond donors (Lipinski definition) is 0. The van der Waals surface area contributed by atoms with Crippen LogP contribution in [0.1, 0.15) is 38.5 Å². The lowest BCUT2D eigenvalue weighted by Crippen LogP contribution is -2.62. The van der Waals surface area contributed by atoms with E-state index in [1.165, 1.54) is 0 Å². The van der Waals surface area contributed by atoms with E-state index in [2.05, 4.69) is 10.8 Å². The van der Waals surface area contributed by atoms with Crippen molar-refractivity contribution in [2.24, 2.45) is 11.8 Å². The Kier molecular flexibility index (Phi) is 3.61. The maximum atomic E-state index is 12.7. The second kappa shape index (κ2) is 4.95. The maximum Gasteiger partial charge on any atom is 0.523 e. The molecule has 0 aromatic rings. The average molecular weight is 354 g/mol. The Balaban J connectivity index is 1.89. The molecule has 4 aliphatic carbocycles. The molecule has 4 rings (SSSR count). The van der Waals surface area contributed by atoms with Crippen molar-refractivity contribution in [2.45, 2.75) is 55.2 Å². The molecule has 4 bridgehead atoms. The number of halogens is 3. The average Bonchev–Trinajstić information content (AvgIpc) is 2.33. The van der Waals surface area contributed by atoms with Crippen LogP contribution in [0.15, 0.2) is 12.7 Å². The van der Waals surface area contributed by atoms with E-state index in [1.54, 1.807) is 0 Å². The van der Waals surface area contributed by atoms with E-state index in [0.29, 0.717) is 12.8 Å². The predicted octanol–water partition coefficient (Wildman–Crippen LogP) is 2.67. The Hall–Kier alpha value is -1.09. The van der Waals surface area contributed by atoms with Gasteiger partial charge >= 0.3 is 21.6 Å². The predicted molar refractivity (Wildman–Crippen MR) is 72.5 cm³/mol. The highest BCUT2D eigenvalue weighted by molar-refractivity contribution is 7.87. The Bertz CT molecular complexity index is 625. The minimum atomic E-state index is -5.68. The summed E-state index contributed by atoms with van der Waals surface area (Å²) in [5.41, 5.74) is -7.84. The molecule has 4 saturated carbocycles. The minimum absolute atomic E-state index is 0.00250. The molecule has 0 aliphatic heterocycles. The summed E-state index contributed by atoms with van der Waals surface area (Å²) in [6.45, 7) is 3.32. The van der Waals surface area contributed by atoms with E-state index < -0.39 is 32.8 Å². The summed E-state index contributed by atoms with van der Waals surface area (Å²) in [6.07, 6.45) is 3.31. The van der Waals surface area contributed by atoms with Crippen molar-refractivity contribution in [1.82, 2.24) is 0 Å². The first kappa shape index (κ1) is 16.8. The zero-order chi connectivity index (χ0) is 17.1. The van der Waals surface area contributed by atoms with Crippen LogP contribution < -0.4 is 0 Å². The summed E-state index contributed by atoms with van der Waals surface area (Å²) in [7, 11) is -5.68. The van der Waals surface area contributed by atoms with Crippen LogP contribution in [-0.4, -0.2) is 31.1 Å². The van der Waals surface area contributed by atoms with Crippen LogP contribution in [-0.2, 0) is 23.8 Å². The number of alkyl halides is 3. The fraction of sp³-hybridized carbons (Fsp3) is 0.786. The third kappa shape index (κ3) is 2.88. The zero-order valence-electron chi connectivity index (χ0n) is 12.3. The van der Waals surface area contributed by atoms with E-state index in [0.717, 1.165) is 12.5 Å². The second-order valence-electron chi connectivity index (χ2n) is 6.94. The van der Waals surface area contributed by atoms with Crippen molar-refractivity contribution in [1.29, 1.82) is 0 Å². The summed E-state index contributed by atoms with van der Waals surface area (Å²) in [6, 6.07) is 0. The van der Waals surface area contributed by atoms with Crippen LogP contribution in [0.3, 0.4) is 0 Å². The number of esters is 1. The first-order valence-electron chi connectivity index (χ1n) is 7.36. The van der Waals surface area contributed by atoms with Gasteiger partial charge in [-0.1, -0.05) is 6.58 Å². The van der Waals surface area contributed by atoms with Gasteiger partial charge in [0.15, 0.2) is 0 Å². The van der Waals surface area contributed by atoms with Gasteiger partial charge in [-0.25, -0.2) is 4.79 Å². The molecule has 5 nitrogen and oxygen atoms in total. The van der Waals surface area contributed by atoms with Gasteiger partial charge in [0.2, 0.25) is 0 Å². The smallest absolute Gasteiger partial charge is 0.456 e. The van der Waals surface area contributed by atoms with Gasteiger partial charge in [-0.2, -0.15) is 21.6 Å². The minimum Gasteiger partial charge on any atom is -0.456 e. The Labute approximate surface area is 131 Å². The van der Waals surface area contributed by atoms with Crippen LogP contribution in [0.5, 0.6) is 0 Å². The van der Waals surface area contributed by atoms with Gasteiger partial charge in [-0.3, -0.25) is 4.18 Å². The van der Waals surface area contributed by atoms with E-state index >= 15 is 0 Å². The van der Waals surface area contributed by atoms with Crippen LogP contribution in [0, 0.1) is 11.8 Å². The fourth-order valence-electron chi connectivity index (χ4n) is 4.85. The van der Waals surface area contributed by atoms with Gasteiger partial charge in [-0.15, -0.1) is 0 Å². The Morgan fingerprint density at radius 3 is 2.13 bits per heavy atom. The van der Waals surface area contributed by atoms with Gasteiger partial charge in [0.25, 0.3) is 0 Å². The molecular formula is C14H17F3O5S.